The molecule has 0 saturated heterocycles. The second-order valence-corrected chi connectivity index (χ2v) is 5.42. The van der Waals surface area contributed by atoms with Gasteiger partial charge in [0, 0.05) is 12.6 Å². The van der Waals surface area contributed by atoms with Crippen molar-refractivity contribution in [1.29, 1.82) is 5.26 Å². The Morgan fingerprint density at radius 2 is 2.06 bits per heavy atom. The van der Waals surface area contributed by atoms with Crippen LogP contribution in [0.15, 0.2) is 0 Å². The van der Waals surface area contributed by atoms with Crippen LogP contribution in [0.4, 0.5) is 0 Å². The van der Waals surface area contributed by atoms with Crippen LogP contribution in [-0.4, -0.2) is 23.3 Å². The van der Waals surface area contributed by atoms with E-state index < -0.39 is 5.60 Å². The van der Waals surface area contributed by atoms with Gasteiger partial charge in [0.25, 0.3) is 0 Å². The number of nitriles is 1. The van der Waals surface area contributed by atoms with Crippen molar-refractivity contribution in [3.05, 3.63) is 0 Å². The number of nitrogens with one attached hydrogen (secondary N) is 1. The van der Waals surface area contributed by atoms with E-state index in [1.54, 1.807) is 0 Å². The van der Waals surface area contributed by atoms with E-state index in [-0.39, 0.29) is 6.04 Å². The molecular weight excluding hydrogens is 212 g/mol. The Bertz CT molecular complexity index is 251. The Hall–Kier alpha value is -0.590. The molecule has 0 radical (unpaired) electrons. The van der Waals surface area contributed by atoms with Gasteiger partial charge in [-0.25, -0.2) is 0 Å². The van der Waals surface area contributed by atoms with Gasteiger partial charge in [-0.05, 0) is 38.0 Å². The van der Waals surface area contributed by atoms with Crippen LogP contribution >= 0.6 is 0 Å². The van der Waals surface area contributed by atoms with Crippen molar-refractivity contribution in [2.24, 2.45) is 5.92 Å². The maximum absolute atomic E-state index is 10.5. The molecule has 0 aromatic rings. The van der Waals surface area contributed by atoms with Crippen LogP contribution in [0.25, 0.3) is 0 Å². The van der Waals surface area contributed by atoms with Crippen molar-refractivity contribution in [3.8, 4) is 6.07 Å². The monoisotopic (exact) mass is 238 g/mol. The minimum atomic E-state index is -0.533. The fourth-order valence-electron chi connectivity index (χ4n) is 2.61. The maximum Gasteiger partial charge on any atom is 0.0771 e. The largest absolute Gasteiger partial charge is 0.389 e. The number of hydrogen-bond acceptors (Lipinski definition) is 3. The van der Waals surface area contributed by atoms with E-state index in [2.05, 4.69) is 25.2 Å². The molecule has 0 amide bonds. The fourth-order valence-corrected chi connectivity index (χ4v) is 2.61. The molecule has 3 heteroatoms. The van der Waals surface area contributed by atoms with Gasteiger partial charge in [-0.2, -0.15) is 5.26 Å². The molecule has 0 spiro atoms. The van der Waals surface area contributed by atoms with Crippen LogP contribution in [0.2, 0.25) is 0 Å². The molecule has 1 aliphatic carbocycles. The first-order valence-electron chi connectivity index (χ1n) is 6.96. The van der Waals surface area contributed by atoms with Crippen LogP contribution in [0.5, 0.6) is 0 Å². The Morgan fingerprint density at radius 3 is 2.53 bits per heavy atom. The van der Waals surface area contributed by atoms with Crippen molar-refractivity contribution in [3.63, 3.8) is 0 Å². The van der Waals surface area contributed by atoms with E-state index in [0.29, 0.717) is 13.0 Å². The second kappa shape index (κ2) is 6.98. The average Bonchev–Trinajstić information content (AvgIpc) is 2.35. The Morgan fingerprint density at radius 1 is 1.41 bits per heavy atom. The number of hydrogen-bond donors (Lipinski definition) is 2. The third-order valence-electron chi connectivity index (χ3n) is 4.16. The molecule has 1 saturated carbocycles. The molecule has 0 aliphatic heterocycles. The lowest BCUT2D eigenvalue weighted by atomic mass is 9.77. The minimum absolute atomic E-state index is 0.230. The summed E-state index contributed by atoms with van der Waals surface area (Å²) in [5, 5.41) is 22.5. The van der Waals surface area contributed by atoms with Crippen molar-refractivity contribution >= 4 is 0 Å². The molecule has 0 bridgehead atoms. The first-order chi connectivity index (χ1) is 8.13. The third kappa shape index (κ3) is 4.65. The molecule has 1 unspecified atom stereocenters. The summed E-state index contributed by atoms with van der Waals surface area (Å²) in [5.74, 6) is 0.802. The molecule has 17 heavy (non-hydrogen) atoms. The highest BCUT2D eigenvalue weighted by Gasteiger charge is 2.32. The summed E-state index contributed by atoms with van der Waals surface area (Å²) in [6.45, 7) is 4.95. The predicted molar refractivity (Wildman–Crippen MR) is 69.5 cm³/mol. The van der Waals surface area contributed by atoms with Crippen molar-refractivity contribution in [1.82, 2.24) is 5.32 Å². The lowest BCUT2D eigenvalue weighted by Gasteiger charge is -2.36. The number of aliphatic hydroxyl groups is 1. The van der Waals surface area contributed by atoms with E-state index in [1.807, 2.05) is 0 Å². The SMILES string of the molecule is CCC1CCC(O)(CNC(CC)CC#N)CC1. The second-order valence-electron chi connectivity index (χ2n) is 5.42. The summed E-state index contributed by atoms with van der Waals surface area (Å²) in [6.07, 6.45) is 6.80. The fraction of sp³-hybridized carbons (Fsp3) is 0.929. The van der Waals surface area contributed by atoms with Gasteiger partial charge in [-0.3, -0.25) is 0 Å². The van der Waals surface area contributed by atoms with E-state index in [9.17, 15) is 5.11 Å². The molecule has 0 aromatic heterocycles. The molecule has 98 valence electrons. The number of nitrogens with zero attached hydrogens (tertiary/aromatic N) is 1. The zero-order chi connectivity index (χ0) is 12.7. The summed E-state index contributed by atoms with van der Waals surface area (Å²) < 4.78 is 0. The van der Waals surface area contributed by atoms with Gasteiger partial charge in [0.2, 0.25) is 0 Å². The lowest BCUT2D eigenvalue weighted by molar-refractivity contribution is -0.0106. The normalized spacial score (nSPS) is 30.8. The zero-order valence-electron chi connectivity index (χ0n) is 11.2. The zero-order valence-corrected chi connectivity index (χ0v) is 11.2. The van der Waals surface area contributed by atoms with Gasteiger partial charge < -0.3 is 10.4 Å². The quantitative estimate of drug-likeness (QED) is 0.748. The highest BCUT2D eigenvalue weighted by atomic mass is 16.3. The molecule has 1 atom stereocenters. The molecule has 2 N–H and O–H groups in total. The summed E-state index contributed by atoms with van der Waals surface area (Å²) >= 11 is 0. The average molecular weight is 238 g/mol. The van der Waals surface area contributed by atoms with E-state index in [0.717, 1.165) is 38.0 Å². The maximum atomic E-state index is 10.5. The predicted octanol–water partition coefficient (Wildman–Crippen LogP) is 2.60. The summed E-state index contributed by atoms with van der Waals surface area (Å²) in [6, 6.07) is 2.42. The molecular formula is C14H26N2O. The molecule has 1 aliphatic rings. The smallest absolute Gasteiger partial charge is 0.0771 e. The first kappa shape index (κ1) is 14.5. The van der Waals surface area contributed by atoms with Crippen LogP contribution in [0.3, 0.4) is 0 Å². The van der Waals surface area contributed by atoms with Crippen LogP contribution in [0.1, 0.15) is 58.8 Å². The molecule has 0 aromatic carbocycles. The van der Waals surface area contributed by atoms with Gasteiger partial charge in [0.05, 0.1) is 18.1 Å². The molecule has 1 rings (SSSR count). The van der Waals surface area contributed by atoms with Gasteiger partial charge in [-0.1, -0.05) is 20.3 Å². The van der Waals surface area contributed by atoms with Gasteiger partial charge in [-0.15, -0.1) is 0 Å². The van der Waals surface area contributed by atoms with Gasteiger partial charge in [0.1, 0.15) is 0 Å². The molecule has 3 nitrogen and oxygen atoms in total. The standard InChI is InChI=1S/C14H26N2O/c1-3-12-5-8-14(17,9-6-12)11-16-13(4-2)7-10-15/h12-13,16-17H,3-9,11H2,1-2H3. The summed E-state index contributed by atoms with van der Waals surface area (Å²) in [4.78, 5) is 0. The van der Waals surface area contributed by atoms with Crippen LogP contribution in [-0.2, 0) is 0 Å². The lowest BCUT2D eigenvalue weighted by Crippen LogP contribution is -2.46. The summed E-state index contributed by atoms with van der Waals surface area (Å²) in [7, 11) is 0. The van der Waals surface area contributed by atoms with Crippen LogP contribution < -0.4 is 5.32 Å². The Kier molecular flexibility index (Phi) is 5.94. The highest BCUT2D eigenvalue weighted by molar-refractivity contribution is 4.89. The molecule has 0 heterocycles. The molecule has 1 fully saturated rings. The van der Waals surface area contributed by atoms with E-state index in [4.69, 9.17) is 5.26 Å². The first-order valence-corrected chi connectivity index (χ1v) is 6.96. The van der Waals surface area contributed by atoms with E-state index in [1.165, 1.54) is 6.42 Å². The third-order valence-corrected chi connectivity index (χ3v) is 4.16. The van der Waals surface area contributed by atoms with Crippen molar-refractivity contribution in [2.45, 2.75) is 70.4 Å². The summed E-state index contributed by atoms with van der Waals surface area (Å²) in [5.41, 5.74) is -0.533. The van der Waals surface area contributed by atoms with E-state index >= 15 is 0 Å². The van der Waals surface area contributed by atoms with Crippen molar-refractivity contribution in [2.75, 3.05) is 6.54 Å². The van der Waals surface area contributed by atoms with Gasteiger partial charge >= 0.3 is 0 Å². The van der Waals surface area contributed by atoms with Gasteiger partial charge in [0.15, 0.2) is 0 Å². The van der Waals surface area contributed by atoms with Crippen LogP contribution in [0, 0.1) is 17.2 Å². The number of rotatable bonds is 6. The minimum Gasteiger partial charge on any atom is -0.389 e. The Labute approximate surface area is 105 Å². The highest BCUT2D eigenvalue weighted by Crippen LogP contribution is 2.33. The topological polar surface area (TPSA) is 56.0 Å². The van der Waals surface area contributed by atoms with Crippen molar-refractivity contribution < 1.29 is 5.11 Å². The Balaban J connectivity index is 2.33.